The van der Waals surface area contributed by atoms with Gasteiger partial charge in [0.15, 0.2) is 23.1 Å². The number of carbonyl (C=O) groups is 3. The molecule has 1 aromatic heterocycles. The maximum absolute atomic E-state index is 15.8. The number of thioether (sulfide) groups is 1. The molecule has 0 spiro atoms. The molecule has 1 fully saturated rings. The van der Waals surface area contributed by atoms with Gasteiger partial charge >= 0.3 is 13.9 Å². The highest BCUT2D eigenvalue weighted by atomic mass is 32.2. The second kappa shape index (κ2) is 19.6. The minimum absolute atomic E-state index is 0.0518. The second-order valence-corrected chi connectivity index (χ2v) is 17.2. The second-order valence-electron chi connectivity index (χ2n) is 14.6. The van der Waals surface area contributed by atoms with Crippen LogP contribution in [0, 0.1) is 11.6 Å². The van der Waals surface area contributed by atoms with E-state index in [1.54, 1.807) is 42.3 Å². The molecule has 0 saturated carbocycles. The van der Waals surface area contributed by atoms with E-state index in [9.17, 15) is 23.3 Å². The van der Waals surface area contributed by atoms with Crippen LogP contribution in [0.4, 0.5) is 13.6 Å². The van der Waals surface area contributed by atoms with Gasteiger partial charge in [-0.3, -0.25) is 23.9 Å². The third kappa shape index (κ3) is 9.40. The number of morpholine rings is 1. The molecule has 16 nitrogen and oxygen atoms in total. The molecule has 2 amide bonds. The number of benzene rings is 3. The third-order valence-electron chi connectivity index (χ3n) is 10.5. The number of halogens is 2. The number of ether oxygens (including phenoxy) is 4. The van der Waals surface area contributed by atoms with Crippen LogP contribution in [0.2, 0.25) is 0 Å². The zero-order chi connectivity index (χ0) is 44.0. The zero-order valence-corrected chi connectivity index (χ0v) is 36.2. The number of hydrogen-bond donors (Lipinski definition) is 1. The molecule has 1 unspecified atom stereocenters. The van der Waals surface area contributed by atoms with Crippen LogP contribution in [0.25, 0.3) is 0 Å². The van der Waals surface area contributed by atoms with Crippen LogP contribution in [0.5, 0.6) is 11.5 Å². The molecule has 1 N–H and O–H groups in total. The van der Waals surface area contributed by atoms with E-state index in [1.807, 2.05) is 29.3 Å². The van der Waals surface area contributed by atoms with E-state index in [0.29, 0.717) is 12.1 Å². The topological polar surface area (TPSA) is 163 Å². The summed E-state index contributed by atoms with van der Waals surface area (Å²) in [7, 11) is -1.81. The first-order valence-electron chi connectivity index (χ1n) is 20.0. The number of fused-ring (bicyclic) bond motifs is 4. The molecule has 7 rings (SSSR count). The number of nitrogens with one attached hydrogen (secondary N) is 1. The Morgan fingerprint density at radius 1 is 1.06 bits per heavy atom. The number of likely N-dealkylation sites (N-methyl/N-ethyl adjacent to an activating group) is 1. The molecular weight excluding hydrogens is 850 g/mol. The fourth-order valence-electron chi connectivity index (χ4n) is 7.50. The summed E-state index contributed by atoms with van der Waals surface area (Å²) in [6.45, 7) is 3.66. The number of hydrogen-bond acceptors (Lipinski definition) is 13. The summed E-state index contributed by atoms with van der Waals surface area (Å²) in [6, 6.07) is 17.8. The standard InChI is InChI=1S/C42H47F2N6O10PS/c1-5-6-12-20-47(3)40(51)27(2)46-61(54,59-28-13-8-7-9-14-28)60-45-33-19-21-49-38(39(33)57-26-58-42(53)55-4)41(52)48-22-23-56-24-35(48)50(49)37-29-17-18-32(43)36(44)31(29)25-62-34-16-11-10-15-30(34)37/h7-11,13-19,21,27,35,37H,5-6,12,20,22-26H2,1-4H3,(H,46,54)/b45-33+/t27-,35+,37-,61?/m0/s1. The van der Waals surface area contributed by atoms with Gasteiger partial charge in [-0.25, -0.2) is 18.1 Å². The van der Waals surface area contributed by atoms with Crippen molar-refractivity contribution in [1.29, 1.82) is 0 Å². The van der Waals surface area contributed by atoms with E-state index in [-0.39, 0.29) is 59.5 Å². The summed E-state index contributed by atoms with van der Waals surface area (Å²) >= 11 is 1.36. The molecule has 4 heterocycles. The summed E-state index contributed by atoms with van der Waals surface area (Å²) in [5.41, 5.74) is 1.23. The fourth-order valence-corrected chi connectivity index (χ4v) is 9.93. The van der Waals surface area contributed by atoms with Gasteiger partial charge in [0.05, 0.1) is 32.4 Å². The van der Waals surface area contributed by atoms with Crippen molar-refractivity contribution in [3.8, 4) is 11.5 Å². The average Bonchev–Trinajstić information content (AvgIpc) is 3.44. The molecule has 3 aliphatic heterocycles. The highest BCUT2D eigenvalue weighted by Crippen LogP contribution is 2.47. The van der Waals surface area contributed by atoms with Crippen molar-refractivity contribution in [2.45, 2.75) is 62.0 Å². The van der Waals surface area contributed by atoms with Gasteiger partial charge in [0.2, 0.25) is 12.7 Å². The number of pyridine rings is 1. The quantitative estimate of drug-likeness (QED) is 0.0443. The van der Waals surface area contributed by atoms with Gasteiger partial charge < -0.3 is 33.3 Å². The molecule has 4 atom stereocenters. The maximum Gasteiger partial charge on any atom is 0.533 e. The van der Waals surface area contributed by atoms with Gasteiger partial charge in [-0.15, -0.1) is 11.8 Å². The highest BCUT2D eigenvalue weighted by molar-refractivity contribution is 7.98. The van der Waals surface area contributed by atoms with E-state index < -0.39 is 56.5 Å². The Balaban J connectivity index is 1.37. The lowest BCUT2D eigenvalue weighted by Gasteiger charge is -2.51. The van der Waals surface area contributed by atoms with Gasteiger partial charge in [-0.05, 0) is 54.8 Å². The molecule has 0 aliphatic carbocycles. The highest BCUT2D eigenvalue weighted by Gasteiger charge is 2.46. The van der Waals surface area contributed by atoms with Gasteiger partial charge in [-0.1, -0.05) is 67.4 Å². The maximum atomic E-state index is 15.8. The fraction of sp³-hybridized carbons (Fsp3) is 0.381. The lowest BCUT2D eigenvalue weighted by molar-refractivity contribution is -0.131. The van der Waals surface area contributed by atoms with E-state index in [0.717, 1.165) is 42.9 Å². The molecule has 3 aromatic carbocycles. The van der Waals surface area contributed by atoms with Crippen molar-refractivity contribution in [3.63, 3.8) is 0 Å². The summed E-state index contributed by atoms with van der Waals surface area (Å²) in [6.07, 6.45) is 2.33. The number of methoxy groups -OCH3 is 1. The first-order valence-corrected chi connectivity index (χ1v) is 22.5. The largest absolute Gasteiger partial charge is 0.533 e. The van der Waals surface area contributed by atoms with Crippen LogP contribution in [0.3, 0.4) is 0 Å². The molecule has 4 aromatic rings. The number of nitrogens with zero attached hydrogens (tertiary/aromatic N) is 5. The molecule has 1 saturated heterocycles. The van der Waals surface area contributed by atoms with Crippen LogP contribution in [0.15, 0.2) is 89.0 Å². The Bertz CT molecular complexity index is 2410. The number of rotatable bonds is 15. The van der Waals surface area contributed by atoms with E-state index in [4.69, 9.17) is 23.4 Å². The molecular formula is C42H47F2N6O10PS. The Kier molecular flexibility index (Phi) is 14.1. The lowest BCUT2D eigenvalue weighted by Crippen LogP contribution is -2.66. The molecule has 62 heavy (non-hydrogen) atoms. The van der Waals surface area contributed by atoms with E-state index in [2.05, 4.69) is 21.9 Å². The van der Waals surface area contributed by atoms with Crippen molar-refractivity contribution in [2.24, 2.45) is 5.16 Å². The van der Waals surface area contributed by atoms with Crippen LogP contribution >= 0.6 is 19.5 Å². The van der Waals surface area contributed by atoms with Crippen LogP contribution < -0.4 is 24.7 Å². The van der Waals surface area contributed by atoms with Crippen LogP contribution in [-0.4, -0.2) is 91.9 Å². The Labute approximate surface area is 361 Å². The SMILES string of the molecule is CCCCCN(C)C(=O)[C@H](C)NP(=O)(O/N=c1\ccn2c(c1OCOC(=O)OC)C(=O)N1CCOC[C@H]1N2[C@@H]1c2ccccc2SCc2c1ccc(F)c2F)Oc1ccccc1. The molecule has 330 valence electrons. The zero-order valence-electron chi connectivity index (χ0n) is 34.5. The predicted octanol–water partition coefficient (Wildman–Crippen LogP) is 6.68. The van der Waals surface area contributed by atoms with Crippen molar-refractivity contribution in [3.05, 3.63) is 118 Å². The summed E-state index contributed by atoms with van der Waals surface area (Å²) in [5.74, 6) is -2.89. The number of para-hydroxylation sites is 1. The Hall–Kier alpha value is -5.62. The minimum Gasteiger partial charge on any atom is -0.452 e. The van der Waals surface area contributed by atoms with E-state index >= 15 is 4.39 Å². The molecule has 0 bridgehead atoms. The first kappa shape index (κ1) is 44.4. The lowest BCUT2D eigenvalue weighted by atomic mass is 9.93. The predicted molar refractivity (Wildman–Crippen MR) is 223 cm³/mol. The number of unbranched alkanes of at least 4 members (excludes halogenated alkanes) is 2. The summed E-state index contributed by atoms with van der Waals surface area (Å²) in [5, 5.41) is 8.54. The van der Waals surface area contributed by atoms with Crippen LogP contribution in [0.1, 0.15) is 66.3 Å². The number of carbonyl (C=O) groups excluding carboxylic acids is 3. The van der Waals surface area contributed by atoms with Gasteiger partial charge in [0.25, 0.3) is 5.91 Å². The van der Waals surface area contributed by atoms with Gasteiger partial charge in [-0.2, -0.15) is 5.09 Å². The summed E-state index contributed by atoms with van der Waals surface area (Å²) in [4.78, 5) is 44.2. The average molecular weight is 897 g/mol. The van der Waals surface area contributed by atoms with Crippen molar-refractivity contribution in [1.82, 2.24) is 19.6 Å². The number of aromatic nitrogens is 1. The molecule has 20 heteroatoms. The third-order valence-corrected chi connectivity index (χ3v) is 13.1. The van der Waals surface area contributed by atoms with Crippen molar-refractivity contribution >= 4 is 37.5 Å². The van der Waals surface area contributed by atoms with Gasteiger partial charge in [0, 0.05) is 42.5 Å². The van der Waals surface area contributed by atoms with Crippen molar-refractivity contribution < 1.29 is 55.8 Å². The minimum atomic E-state index is -4.57. The monoisotopic (exact) mass is 896 g/mol. The molecule has 3 aliphatic rings. The van der Waals surface area contributed by atoms with Crippen LogP contribution in [-0.2, 0) is 33.9 Å². The first-order chi connectivity index (χ1) is 29.9. The van der Waals surface area contributed by atoms with Gasteiger partial charge in [0.1, 0.15) is 17.3 Å². The number of amides is 2. The molecule has 0 radical (unpaired) electrons. The smallest absolute Gasteiger partial charge is 0.452 e. The Morgan fingerprint density at radius 2 is 1.84 bits per heavy atom. The normalized spacial score (nSPS) is 18.5. The Morgan fingerprint density at radius 3 is 2.61 bits per heavy atom. The summed E-state index contributed by atoms with van der Waals surface area (Å²) < 4.78 is 80.0. The van der Waals surface area contributed by atoms with Crippen molar-refractivity contribution in [2.75, 3.05) is 52.3 Å². The van der Waals surface area contributed by atoms with E-state index in [1.165, 1.54) is 46.6 Å².